The number of aliphatic hydroxyl groups is 1. The van der Waals surface area contributed by atoms with E-state index in [-0.39, 0.29) is 12.4 Å². The molecule has 0 bridgehead atoms. The molecular formula is C12H17ClO2. The van der Waals surface area contributed by atoms with E-state index in [9.17, 15) is 10.2 Å². The van der Waals surface area contributed by atoms with E-state index in [0.717, 1.165) is 11.1 Å². The van der Waals surface area contributed by atoms with Crippen LogP contribution in [0.3, 0.4) is 0 Å². The highest BCUT2D eigenvalue weighted by Gasteiger charge is 2.25. The lowest BCUT2D eigenvalue weighted by Gasteiger charge is -2.25. The monoisotopic (exact) mass is 228 g/mol. The van der Waals surface area contributed by atoms with E-state index in [0.29, 0.717) is 10.6 Å². The van der Waals surface area contributed by atoms with Crippen molar-refractivity contribution in [2.24, 2.45) is 0 Å². The van der Waals surface area contributed by atoms with Gasteiger partial charge < -0.3 is 10.2 Å². The Morgan fingerprint density at radius 3 is 2.33 bits per heavy atom. The Hall–Kier alpha value is -0.730. The number of aliphatic hydroxyl groups excluding tert-OH is 1. The largest absolute Gasteiger partial charge is 0.506 e. The molecule has 0 aliphatic carbocycles. The summed E-state index contributed by atoms with van der Waals surface area (Å²) in [7, 11) is 0. The SMILES string of the molecule is Cc1cc(C(C)(C)CO)c(O)c(Cl)c1C. The third-order valence-corrected chi connectivity index (χ3v) is 3.33. The summed E-state index contributed by atoms with van der Waals surface area (Å²) in [5.74, 6) is 0.0822. The Balaban J connectivity index is 3.45. The van der Waals surface area contributed by atoms with Gasteiger partial charge in [-0.1, -0.05) is 31.5 Å². The lowest BCUT2D eigenvalue weighted by Crippen LogP contribution is -2.22. The fourth-order valence-electron chi connectivity index (χ4n) is 1.46. The number of phenolic OH excluding ortho intramolecular Hbond substituents is 1. The van der Waals surface area contributed by atoms with Crippen molar-refractivity contribution in [3.63, 3.8) is 0 Å². The van der Waals surface area contributed by atoms with Crippen molar-refractivity contribution in [3.8, 4) is 5.75 Å². The van der Waals surface area contributed by atoms with Crippen molar-refractivity contribution in [2.75, 3.05) is 6.61 Å². The molecule has 0 saturated carbocycles. The number of benzene rings is 1. The molecule has 0 atom stereocenters. The van der Waals surface area contributed by atoms with Crippen molar-refractivity contribution in [3.05, 3.63) is 27.8 Å². The molecule has 1 rings (SSSR count). The molecule has 84 valence electrons. The number of hydrogen-bond acceptors (Lipinski definition) is 2. The molecule has 0 unspecified atom stereocenters. The molecule has 1 aromatic carbocycles. The van der Waals surface area contributed by atoms with Crippen LogP contribution in [-0.2, 0) is 5.41 Å². The van der Waals surface area contributed by atoms with Crippen LogP contribution in [0.1, 0.15) is 30.5 Å². The van der Waals surface area contributed by atoms with Crippen LogP contribution in [0.4, 0.5) is 0 Å². The zero-order valence-corrected chi connectivity index (χ0v) is 10.3. The summed E-state index contributed by atoms with van der Waals surface area (Å²) in [5.41, 5.74) is 2.12. The summed E-state index contributed by atoms with van der Waals surface area (Å²) in [6.45, 7) is 7.52. The number of aryl methyl sites for hydroxylation is 1. The summed E-state index contributed by atoms with van der Waals surface area (Å²) >= 11 is 6.02. The van der Waals surface area contributed by atoms with Crippen LogP contribution in [0.25, 0.3) is 0 Å². The maximum absolute atomic E-state index is 9.93. The first-order valence-corrected chi connectivity index (χ1v) is 5.29. The average molecular weight is 229 g/mol. The highest BCUT2D eigenvalue weighted by molar-refractivity contribution is 6.33. The van der Waals surface area contributed by atoms with Crippen molar-refractivity contribution in [1.29, 1.82) is 0 Å². The van der Waals surface area contributed by atoms with Gasteiger partial charge in [-0.2, -0.15) is 0 Å². The lowest BCUT2D eigenvalue weighted by molar-refractivity contribution is 0.215. The van der Waals surface area contributed by atoms with E-state index in [1.54, 1.807) is 0 Å². The molecule has 0 aliphatic rings. The van der Waals surface area contributed by atoms with E-state index in [4.69, 9.17) is 11.6 Å². The first-order valence-electron chi connectivity index (χ1n) is 4.91. The van der Waals surface area contributed by atoms with Crippen LogP contribution < -0.4 is 0 Å². The molecule has 0 radical (unpaired) electrons. The van der Waals surface area contributed by atoms with Crippen molar-refractivity contribution >= 4 is 11.6 Å². The second kappa shape index (κ2) is 4.03. The molecule has 0 aliphatic heterocycles. The summed E-state index contributed by atoms with van der Waals surface area (Å²) < 4.78 is 0. The van der Waals surface area contributed by atoms with Crippen molar-refractivity contribution < 1.29 is 10.2 Å². The van der Waals surface area contributed by atoms with E-state index in [2.05, 4.69) is 0 Å². The fourth-order valence-corrected chi connectivity index (χ4v) is 1.71. The van der Waals surface area contributed by atoms with Gasteiger partial charge in [0.2, 0.25) is 0 Å². The number of rotatable bonds is 2. The van der Waals surface area contributed by atoms with E-state index < -0.39 is 5.41 Å². The number of halogens is 1. The van der Waals surface area contributed by atoms with E-state index in [1.807, 2.05) is 33.8 Å². The Kier molecular flexibility index (Phi) is 3.31. The Bertz CT molecular complexity index is 384. The zero-order chi connectivity index (χ0) is 11.8. The number of aromatic hydroxyl groups is 1. The minimum Gasteiger partial charge on any atom is -0.506 e. The number of hydrogen-bond donors (Lipinski definition) is 2. The van der Waals surface area contributed by atoms with Crippen LogP contribution in [0.5, 0.6) is 5.75 Å². The molecule has 1 aromatic rings. The summed E-state index contributed by atoms with van der Waals surface area (Å²) in [5, 5.41) is 19.6. The molecule has 0 fully saturated rings. The van der Waals surface area contributed by atoms with Gasteiger partial charge in [0, 0.05) is 11.0 Å². The highest BCUT2D eigenvalue weighted by Crippen LogP contribution is 2.39. The standard InChI is InChI=1S/C12H17ClO2/c1-7-5-9(12(3,4)6-14)11(15)10(13)8(7)2/h5,14-15H,6H2,1-4H3. The number of phenols is 1. The van der Waals surface area contributed by atoms with Crippen molar-refractivity contribution in [1.82, 2.24) is 0 Å². The minimum atomic E-state index is -0.480. The zero-order valence-electron chi connectivity index (χ0n) is 9.56. The normalized spacial score (nSPS) is 11.9. The molecule has 0 spiro atoms. The second-order valence-corrected chi connectivity index (χ2v) is 4.95. The maximum atomic E-state index is 9.93. The summed E-state index contributed by atoms with van der Waals surface area (Å²) in [4.78, 5) is 0. The topological polar surface area (TPSA) is 40.5 Å². The van der Waals surface area contributed by atoms with Crippen LogP contribution >= 0.6 is 11.6 Å². The maximum Gasteiger partial charge on any atom is 0.138 e. The average Bonchev–Trinajstić information content (AvgIpc) is 2.20. The summed E-state index contributed by atoms with van der Waals surface area (Å²) in [6.07, 6.45) is 0. The quantitative estimate of drug-likeness (QED) is 0.817. The van der Waals surface area contributed by atoms with Crippen LogP contribution in [-0.4, -0.2) is 16.8 Å². The van der Waals surface area contributed by atoms with Gasteiger partial charge in [-0.15, -0.1) is 0 Å². The predicted octanol–water partition coefficient (Wildman–Crippen LogP) is 2.93. The lowest BCUT2D eigenvalue weighted by atomic mass is 9.83. The van der Waals surface area contributed by atoms with Gasteiger partial charge in [0.25, 0.3) is 0 Å². The van der Waals surface area contributed by atoms with Crippen LogP contribution in [0.15, 0.2) is 6.07 Å². The minimum absolute atomic E-state index is 0.0284. The molecule has 0 heterocycles. The van der Waals surface area contributed by atoms with Gasteiger partial charge >= 0.3 is 0 Å². The Labute approximate surface area is 95.5 Å². The third kappa shape index (κ3) is 2.11. The summed E-state index contributed by atoms with van der Waals surface area (Å²) in [6, 6.07) is 1.88. The molecule has 15 heavy (non-hydrogen) atoms. The fraction of sp³-hybridized carbons (Fsp3) is 0.500. The molecule has 2 nitrogen and oxygen atoms in total. The van der Waals surface area contributed by atoms with Crippen molar-refractivity contribution in [2.45, 2.75) is 33.1 Å². The molecule has 0 saturated heterocycles. The Morgan fingerprint density at radius 2 is 1.87 bits per heavy atom. The van der Waals surface area contributed by atoms with Crippen LogP contribution in [0.2, 0.25) is 5.02 Å². The molecule has 0 aromatic heterocycles. The Morgan fingerprint density at radius 1 is 1.33 bits per heavy atom. The highest BCUT2D eigenvalue weighted by atomic mass is 35.5. The molecule has 0 amide bonds. The third-order valence-electron chi connectivity index (χ3n) is 2.87. The first-order chi connectivity index (χ1) is 6.81. The predicted molar refractivity (Wildman–Crippen MR) is 62.7 cm³/mol. The van der Waals surface area contributed by atoms with Gasteiger partial charge in [-0.05, 0) is 25.0 Å². The van der Waals surface area contributed by atoms with Crippen LogP contribution in [0, 0.1) is 13.8 Å². The van der Waals surface area contributed by atoms with Gasteiger partial charge in [-0.25, -0.2) is 0 Å². The van der Waals surface area contributed by atoms with Gasteiger partial charge in [0.1, 0.15) is 5.75 Å². The first kappa shape index (κ1) is 12.3. The second-order valence-electron chi connectivity index (χ2n) is 4.57. The molecule has 2 N–H and O–H groups in total. The van der Waals surface area contributed by atoms with Gasteiger partial charge in [-0.3, -0.25) is 0 Å². The van der Waals surface area contributed by atoms with E-state index in [1.165, 1.54) is 0 Å². The van der Waals surface area contributed by atoms with Gasteiger partial charge in [0.05, 0.1) is 11.6 Å². The van der Waals surface area contributed by atoms with Gasteiger partial charge in [0.15, 0.2) is 0 Å². The van der Waals surface area contributed by atoms with E-state index >= 15 is 0 Å². The smallest absolute Gasteiger partial charge is 0.138 e. The molecule has 3 heteroatoms. The molecular weight excluding hydrogens is 212 g/mol.